The van der Waals surface area contributed by atoms with Gasteiger partial charge in [0.2, 0.25) is 15.9 Å². The molecule has 0 bridgehead atoms. The van der Waals surface area contributed by atoms with Crippen molar-refractivity contribution in [1.82, 2.24) is 9.62 Å². The van der Waals surface area contributed by atoms with Crippen molar-refractivity contribution in [2.24, 2.45) is 5.92 Å². The summed E-state index contributed by atoms with van der Waals surface area (Å²) in [4.78, 5) is 12.8. The minimum Gasteiger partial charge on any atom is -0.497 e. The number of aryl methyl sites for hydroxylation is 1. The van der Waals surface area contributed by atoms with Gasteiger partial charge in [0.15, 0.2) is 0 Å². The number of nitrogens with one attached hydrogen (secondary N) is 1. The van der Waals surface area contributed by atoms with Crippen molar-refractivity contribution in [1.29, 1.82) is 0 Å². The first-order valence-corrected chi connectivity index (χ1v) is 10.8. The van der Waals surface area contributed by atoms with Gasteiger partial charge in [0.1, 0.15) is 5.75 Å². The van der Waals surface area contributed by atoms with Gasteiger partial charge in [-0.3, -0.25) is 4.79 Å². The number of sulfonamides is 1. The fourth-order valence-corrected chi connectivity index (χ4v) is 4.83. The second kappa shape index (κ2) is 8.75. The zero-order valence-electron chi connectivity index (χ0n) is 16.2. The standard InChI is InChI=1S/C21H26N2O4S/c1-16-5-7-17(8-6-16)14-22-21(24)18-4-3-13-23(15-18)28(25,26)20-11-9-19(27-2)10-12-20/h5-12,18H,3-4,13-15H2,1-2H3,(H,22,24)/t18-/m0/s1. The molecule has 0 spiro atoms. The lowest BCUT2D eigenvalue weighted by atomic mass is 9.98. The number of hydrogen-bond donors (Lipinski definition) is 1. The first-order chi connectivity index (χ1) is 13.4. The second-order valence-corrected chi connectivity index (χ2v) is 9.02. The van der Waals surface area contributed by atoms with Gasteiger partial charge >= 0.3 is 0 Å². The second-order valence-electron chi connectivity index (χ2n) is 7.08. The Kier molecular flexibility index (Phi) is 6.36. The van der Waals surface area contributed by atoms with E-state index in [0.717, 1.165) is 5.56 Å². The van der Waals surface area contributed by atoms with E-state index in [4.69, 9.17) is 4.74 Å². The molecular formula is C21H26N2O4S. The molecule has 1 atom stereocenters. The third-order valence-electron chi connectivity index (χ3n) is 5.04. The number of rotatable bonds is 6. The quantitative estimate of drug-likeness (QED) is 0.806. The summed E-state index contributed by atoms with van der Waals surface area (Å²) in [7, 11) is -2.09. The van der Waals surface area contributed by atoms with Crippen molar-refractivity contribution in [3.05, 3.63) is 59.7 Å². The van der Waals surface area contributed by atoms with Crippen LogP contribution in [-0.4, -0.2) is 38.8 Å². The molecule has 1 saturated heterocycles. The van der Waals surface area contributed by atoms with Gasteiger partial charge in [0.25, 0.3) is 0 Å². The Morgan fingerprint density at radius 3 is 2.46 bits per heavy atom. The van der Waals surface area contributed by atoms with Gasteiger partial charge in [-0.15, -0.1) is 0 Å². The van der Waals surface area contributed by atoms with Crippen LogP contribution in [0.1, 0.15) is 24.0 Å². The van der Waals surface area contributed by atoms with Crippen LogP contribution in [0.5, 0.6) is 5.75 Å². The van der Waals surface area contributed by atoms with Crippen molar-refractivity contribution in [3.63, 3.8) is 0 Å². The van der Waals surface area contributed by atoms with Gasteiger partial charge in [0.05, 0.1) is 17.9 Å². The minimum absolute atomic E-state index is 0.102. The number of carbonyl (C=O) groups excluding carboxylic acids is 1. The number of ether oxygens (including phenoxy) is 1. The van der Waals surface area contributed by atoms with Crippen LogP contribution in [0.25, 0.3) is 0 Å². The molecule has 1 heterocycles. The largest absolute Gasteiger partial charge is 0.497 e. The number of amides is 1. The lowest BCUT2D eigenvalue weighted by Crippen LogP contribution is -2.45. The maximum absolute atomic E-state index is 12.9. The summed E-state index contributed by atoms with van der Waals surface area (Å²) in [5.41, 5.74) is 2.19. The van der Waals surface area contributed by atoms with Crippen molar-refractivity contribution >= 4 is 15.9 Å². The van der Waals surface area contributed by atoms with Crippen molar-refractivity contribution in [3.8, 4) is 5.75 Å². The van der Waals surface area contributed by atoms with Crippen LogP contribution in [-0.2, 0) is 21.4 Å². The number of methoxy groups -OCH3 is 1. The summed E-state index contributed by atoms with van der Waals surface area (Å²) in [6.07, 6.45) is 1.35. The first kappa shape index (κ1) is 20.4. The Bertz CT molecular complexity index is 908. The highest BCUT2D eigenvalue weighted by atomic mass is 32.2. The zero-order valence-corrected chi connectivity index (χ0v) is 17.0. The summed E-state index contributed by atoms with van der Waals surface area (Å²) in [6.45, 7) is 3.09. The lowest BCUT2D eigenvalue weighted by Gasteiger charge is -2.31. The summed E-state index contributed by atoms with van der Waals surface area (Å²) < 4.78 is 32.3. The number of piperidine rings is 1. The molecule has 150 valence electrons. The van der Waals surface area contributed by atoms with Gasteiger partial charge in [-0.05, 0) is 49.6 Å². The maximum Gasteiger partial charge on any atom is 0.243 e. The highest BCUT2D eigenvalue weighted by Crippen LogP contribution is 2.25. The lowest BCUT2D eigenvalue weighted by molar-refractivity contribution is -0.126. The predicted octanol–water partition coefficient (Wildman–Crippen LogP) is 2.72. The highest BCUT2D eigenvalue weighted by Gasteiger charge is 2.33. The van der Waals surface area contributed by atoms with Crippen LogP contribution in [0.4, 0.5) is 0 Å². The highest BCUT2D eigenvalue weighted by molar-refractivity contribution is 7.89. The molecule has 2 aromatic carbocycles. The van der Waals surface area contributed by atoms with Gasteiger partial charge in [-0.1, -0.05) is 29.8 Å². The van der Waals surface area contributed by atoms with E-state index in [1.165, 1.54) is 29.1 Å². The molecule has 2 aromatic rings. The van der Waals surface area contributed by atoms with Crippen molar-refractivity contribution < 1.29 is 17.9 Å². The van der Waals surface area contributed by atoms with E-state index >= 15 is 0 Å². The van der Waals surface area contributed by atoms with E-state index in [1.807, 2.05) is 31.2 Å². The summed E-state index contributed by atoms with van der Waals surface area (Å²) >= 11 is 0. The average Bonchev–Trinajstić information content (AvgIpc) is 2.73. The van der Waals surface area contributed by atoms with Crippen LogP contribution in [0.3, 0.4) is 0 Å². The Hall–Kier alpha value is -2.38. The van der Waals surface area contributed by atoms with Crippen LogP contribution in [0, 0.1) is 12.8 Å². The van der Waals surface area contributed by atoms with Gasteiger partial charge in [0, 0.05) is 19.6 Å². The molecule has 6 nitrogen and oxygen atoms in total. The van der Waals surface area contributed by atoms with Crippen LogP contribution < -0.4 is 10.1 Å². The van der Waals surface area contributed by atoms with Crippen molar-refractivity contribution in [2.75, 3.05) is 20.2 Å². The molecule has 0 aliphatic carbocycles. The molecule has 0 saturated carbocycles. The number of benzene rings is 2. The Morgan fingerprint density at radius 1 is 1.14 bits per heavy atom. The number of nitrogens with zero attached hydrogens (tertiary/aromatic N) is 1. The molecule has 1 fully saturated rings. The average molecular weight is 403 g/mol. The maximum atomic E-state index is 12.9. The molecule has 3 rings (SSSR count). The molecule has 7 heteroatoms. The van der Waals surface area contributed by atoms with Crippen LogP contribution in [0.2, 0.25) is 0 Å². The third kappa shape index (κ3) is 4.72. The van der Waals surface area contributed by atoms with E-state index in [-0.39, 0.29) is 23.3 Å². The topological polar surface area (TPSA) is 75.7 Å². The van der Waals surface area contributed by atoms with Gasteiger partial charge < -0.3 is 10.1 Å². The molecule has 1 N–H and O–H groups in total. The number of hydrogen-bond acceptors (Lipinski definition) is 4. The summed E-state index contributed by atoms with van der Waals surface area (Å²) in [5.74, 6) is 0.161. The normalized spacial score (nSPS) is 17.9. The van der Waals surface area contributed by atoms with E-state index < -0.39 is 10.0 Å². The Labute approximate surface area is 166 Å². The minimum atomic E-state index is -3.63. The SMILES string of the molecule is COc1ccc(S(=O)(=O)N2CCC[C@H](C(=O)NCc3ccc(C)cc3)C2)cc1. The molecular weight excluding hydrogens is 376 g/mol. The molecule has 0 aromatic heterocycles. The zero-order chi connectivity index (χ0) is 20.1. The van der Waals surface area contributed by atoms with E-state index in [0.29, 0.717) is 31.7 Å². The molecule has 1 aliphatic heterocycles. The molecule has 0 unspecified atom stereocenters. The molecule has 28 heavy (non-hydrogen) atoms. The molecule has 1 amide bonds. The van der Waals surface area contributed by atoms with Gasteiger partial charge in [-0.25, -0.2) is 8.42 Å². The van der Waals surface area contributed by atoms with E-state index in [9.17, 15) is 13.2 Å². The number of carbonyl (C=O) groups is 1. The predicted molar refractivity (Wildman–Crippen MR) is 108 cm³/mol. The smallest absolute Gasteiger partial charge is 0.243 e. The van der Waals surface area contributed by atoms with Crippen LogP contribution in [0.15, 0.2) is 53.4 Å². The fraction of sp³-hybridized carbons (Fsp3) is 0.381. The van der Waals surface area contributed by atoms with E-state index in [1.54, 1.807) is 12.1 Å². The van der Waals surface area contributed by atoms with Crippen molar-refractivity contribution in [2.45, 2.75) is 31.2 Å². The summed E-state index contributed by atoms with van der Waals surface area (Å²) in [6, 6.07) is 14.3. The van der Waals surface area contributed by atoms with E-state index in [2.05, 4.69) is 5.32 Å². The fourth-order valence-electron chi connectivity index (χ4n) is 3.31. The third-order valence-corrected chi connectivity index (χ3v) is 6.92. The van der Waals surface area contributed by atoms with Crippen LogP contribution >= 0.6 is 0 Å². The first-order valence-electron chi connectivity index (χ1n) is 9.37. The van der Waals surface area contributed by atoms with Gasteiger partial charge in [-0.2, -0.15) is 4.31 Å². The summed E-state index contributed by atoms with van der Waals surface area (Å²) in [5, 5.41) is 2.94. The molecule has 0 radical (unpaired) electrons. The Balaban J connectivity index is 1.63. The monoisotopic (exact) mass is 402 g/mol. The Morgan fingerprint density at radius 2 is 1.82 bits per heavy atom. The molecule has 1 aliphatic rings.